The predicted octanol–water partition coefficient (Wildman–Crippen LogP) is 2.14. The molecule has 5 nitrogen and oxygen atoms in total. The molecule has 0 aromatic heterocycles. The number of carbonyl (C=O) groups excluding carboxylic acids is 2. The number of nitrogens with zero attached hydrogens (tertiary/aromatic N) is 2. The van der Waals surface area contributed by atoms with Crippen molar-refractivity contribution in [3.63, 3.8) is 0 Å². The normalized spacial score (nSPS) is 25.0. The van der Waals surface area contributed by atoms with Crippen LogP contribution < -0.4 is 5.73 Å². The van der Waals surface area contributed by atoms with E-state index >= 15 is 0 Å². The van der Waals surface area contributed by atoms with Gasteiger partial charge in [0.25, 0.3) is 5.91 Å². The van der Waals surface area contributed by atoms with Crippen LogP contribution in [0.1, 0.15) is 36.0 Å². The van der Waals surface area contributed by atoms with Crippen molar-refractivity contribution in [3.8, 4) is 0 Å². The van der Waals surface area contributed by atoms with Crippen LogP contribution in [-0.2, 0) is 4.79 Å². The number of nitrogens with two attached hydrogens (primary N) is 1. The first-order chi connectivity index (χ1) is 11.6. The number of piperidine rings is 1. The summed E-state index contributed by atoms with van der Waals surface area (Å²) in [6.45, 7) is 2.66. The summed E-state index contributed by atoms with van der Waals surface area (Å²) in [6, 6.07) is 7.55. The molecule has 0 radical (unpaired) electrons. The summed E-state index contributed by atoms with van der Waals surface area (Å²) in [4.78, 5) is 28.3. The number of carbonyl (C=O) groups is 2. The summed E-state index contributed by atoms with van der Waals surface area (Å²) in [5.74, 6) is 0.127. The zero-order valence-electron chi connectivity index (χ0n) is 13.8. The molecular formula is C18H24ClN3O2. The Morgan fingerprint density at radius 2 is 1.96 bits per heavy atom. The van der Waals surface area contributed by atoms with Crippen LogP contribution in [0.2, 0.25) is 5.02 Å². The average molecular weight is 350 g/mol. The smallest absolute Gasteiger partial charge is 0.255 e. The maximum Gasteiger partial charge on any atom is 0.255 e. The Bertz CT molecular complexity index is 622. The lowest BCUT2D eigenvalue weighted by Gasteiger charge is -2.42. The number of likely N-dealkylation sites (tertiary alicyclic amines) is 2. The van der Waals surface area contributed by atoms with Gasteiger partial charge in [0.05, 0.1) is 17.1 Å². The Balaban J connectivity index is 1.72. The minimum Gasteiger partial charge on any atom is -0.369 e. The highest BCUT2D eigenvalue weighted by atomic mass is 35.5. The van der Waals surface area contributed by atoms with Crippen molar-refractivity contribution < 1.29 is 9.59 Å². The number of halogens is 1. The van der Waals surface area contributed by atoms with E-state index in [4.69, 9.17) is 17.3 Å². The van der Waals surface area contributed by atoms with Gasteiger partial charge in [0.15, 0.2) is 0 Å². The number of rotatable bonds is 3. The topological polar surface area (TPSA) is 66.6 Å². The molecule has 2 atom stereocenters. The van der Waals surface area contributed by atoms with Crippen LogP contribution in [0.5, 0.6) is 0 Å². The summed E-state index contributed by atoms with van der Waals surface area (Å²) >= 11 is 6.18. The zero-order valence-corrected chi connectivity index (χ0v) is 14.5. The van der Waals surface area contributed by atoms with Gasteiger partial charge < -0.3 is 10.6 Å². The predicted molar refractivity (Wildman–Crippen MR) is 93.9 cm³/mol. The second kappa shape index (κ2) is 7.53. The molecule has 1 aromatic rings. The van der Waals surface area contributed by atoms with Crippen LogP contribution in [0.15, 0.2) is 24.3 Å². The van der Waals surface area contributed by atoms with Gasteiger partial charge in [-0.2, -0.15) is 0 Å². The number of hydrogen-bond acceptors (Lipinski definition) is 3. The quantitative estimate of drug-likeness (QED) is 0.909. The van der Waals surface area contributed by atoms with Crippen molar-refractivity contribution in [2.75, 3.05) is 26.2 Å². The second-order valence-corrected chi connectivity index (χ2v) is 7.19. The van der Waals surface area contributed by atoms with E-state index in [9.17, 15) is 9.59 Å². The SMILES string of the molecule is NC(=O)CN1CCCC[C@H]2CN(C(=O)c3ccccc3Cl)CC[C@H]21. The fourth-order valence-corrected chi connectivity index (χ4v) is 4.27. The molecule has 6 heteroatoms. The lowest BCUT2D eigenvalue weighted by molar-refractivity contribution is -0.120. The van der Waals surface area contributed by atoms with Gasteiger partial charge in [-0.05, 0) is 43.9 Å². The molecular weight excluding hydrogens is 326 g/mol. The Morgan fingerprint density at radius 1 is 1.17 bits per heavy atom. The third-order valence-corrected chi connectivity index (χ3v) is 5.51. The highest BCUT2D eigenvalue weighted by Gasteiger charge is 2.36. The minimum atomic E-state index is -0.273. The molecule has 0 unspecified atom stereocenters. The van der Waals surface area contributed by atoms with Gasteiger partial charge in [-0.1, -0.05) is 30.2 Å². The molecule has 0 aliphatic carbocycles. The van der Waals surface area contributed by atoms with Crippen molar-refractivity contribution in [1.29, 1.82) is 0 Å². The first-order valence-electron chi connectivity index (χ1n) is 8.62. The van der Waals surface area contributed by atoms with Crippen molar-refractivity contribution >= 4 is 23.4 Å². The molecule has 2 fully saturated rings. The number of fused-ring (bicyclic) bond motifs is 1. The summed E-state index contributed by atoms with van der Waals surface area (Å²) in [6.07, 6.45) is 4.18. The minimum absolute atomic E-state index is 0.00440. The van der Waals surface area contributed by atoms with Crippen LogP contribution in [-0.4, -0.2) is 53.8 Å². The van der Waals surface area contributed by atoms with Gasteiger partial charge in [0.2, 0.25) is 5.91 Å². The molecule has 3 rings (SSSR count). The van der Waals surface area contributed by atoms with E-state index in [1.54, 1.807) is 12.1 Å². The molecule has 2 heterocycles. The van der Waals surface area contributed by atoms with Crippen LogP contribution in [0.25, 0.3) is 0 Å². The first-order valence-corrected chi connectivity index (χ1v) is 9.00. The van der Waals surface area contributed by atoms with E-state index in [0.717, 1.165) is 38.8 Å². The third kappa shape index (κ3) is 3.73. The van der Waals surface area contributed by atoms with Crippen LogP contribution in [0.4, 0.5) is 0 Å². The molecule has 2 aliphatic heterocycles. The number of benzene rings is 1. The van der Waals surface area contributed by atoms with Crippen molar-refractivity contribution in [3.05, 3.63) is 34.9 Å². The highest BCUT2D eigenvalue weighted by molar-refractivity contribution is 6.33. The average Bonchev–Trinajstić information content (AvgIpc) is 2.76. The lowest BCUT2D eigenvalue weighted by Crippen LogP contribution is -2.53. The van der Waals surface area contributed by atoms with Gasteiger partial charge in [-0.25, -0.2) is 0 Å². The van der Waals surface area contributed by atoms with Crippen molar-refractivity contribution in [1.82, 2.24) is 9.80 Å². The molecule has 0 spiro atoms. The monoisotopic (exact) mass is 349 g/mol. The summed E-state index contributed by atoms with van der Waals surface area (Å²) in [7, 11) is 0. The van der Waals surface area contributed by atoms with Gasteiger partial charge >= 0.3 is 0 Å². The Morgan fingerprint density at radius 3 is 2.71 bits per heavy atom. The number of amides is 2. The van der Waals surface area contributed by atoms with Gasteiger partial charge in [0.1, 0.15) is 0 Å². The van der Waals surface area contributed by atoms with E-state index in [1.807, 2.05) is 17.0 Å². The summed E-state index contributed by atoms with van der Waals surface area (Å²) < 4.78 is 0. The molecule has 1 aromatic carbocycles. The van der Waals surface area contributed by atoms with Crippen LogP contribution >= 0.6 is 11.6 Å². The molecule has 2 amide bonds. The van der Waals surface area contributed by atoms with Crippen LogP contribution in [0.3, 0.4) is 0 Å². The first kappa shape index (κ1) is 17.2. The fraction of sp³-hybridized carbons (Fsp3) is 0.556. The van der Waals surface area contributed by atoms with Crippen molar-refractivity contribution in [2.24, 2.45) is 11.7 Å². The molecule has 2 N–H and O–H groups in total. The molecule has 2 aliphatic rings. The second-order valence-electron chi connectivity index (χ2n) is 6.78. The fourth-order valence-electron chi connectivity index (χ4n) is 4.06. The molecule has 0 bridgehead atoms. The van der Waals surface area contributed by atoms with E-state index in [-0.39, 0.29) is 11.8 Å². The molecule has 24 heavy (non-hydrogen) atoms. The van der Waals surface area contributed by atoms with E-state index in [1.165, 1.54) is 0 Å². The van der Waals surface area contributed by atoms with E-state index in [2.05, 4.69) is 4.90 Å². The number of primary amides is 1. The lowest BCUT2D eigenvalue weighted by atomic mass is 9.88. The highest BCUT2D eigenvalue weighted by Crippen LogP contribution is 2.31. The third-order valence-electron chi connectivity index (χ3n) is 5.18. The maximum absolute atomic E-state index is 12.8. The van der Waals surface area contributed by atoms with Crippen molar-refractivity contribution in [2.45, 2.75) is 31.7 Å². The van der Waals surface area contributed by atoms with Gasteiger partial charge in [0, 0.05) is 19.1 Å². The molecule has 0 saturated carbocycles. The zero-order chi connectivity index (χ0) is 17.1. The van der Waals surface area contributed by atoms with Crippen LogP contribution in [0, 0.1) is 5.92 Å². The number of hydrogen-bond donors (Lipinski definition) is 1. The Kier molecular flexibility index (Phi) is 5.41. The summed E-state index contributed by atoms with van der Waals surface area (Å²) in [5.41, 5.74) is 5.97. The Labute approximate surface area is 147 Å². The Hall–Kier alpha value is -1.59. The molecule has 130 valence electrons. The van der Waals surface area contributed by atoms with E-state index in [0.29, 0.717) is 35.6 Å². The van der Waals surface area contributed by atoms with E-state index < -0.39 is 0 Å². The summed E-state index contributed by atoms with van der Waals surface area (Å²) in [5, 5.41) is 0.501. The standard InChI is InChI=1S/C18H24ClN3O2/c19-15-7-2-1-6-14(15)18(24)22-10-8-16-13(11-22)5-3-4-9-21(16)12-17(20)23/h1-2,6-7,13,16H,3-5,8-12H2,(H2,20,23)/t13-,16+/m0/s1. The maximum atomic E-state index is 12.8. The van der Waals surface area contributed by atoms with Gasteiger partial charge in [-0.15, -0.1) is 0 Å². The van der Waals surface area contributed by atoms with Gasteiger partial charge in [-0.3, -0.25) is 14.5 Å². The molecule has 2 saturated heterocycles. The largest absolute Gasteiger partial charge is 0.369 e.